The van der Waals surface area contributed by atoms with E-state index in [9.17, 15) is 4.79 Å². The predicted molar refractivity (Wildman–Crippen MR) is 74.8 cm³/mol. The van der Waals surface area contributed by atoms with Gasteiger partial charge in [0, 0.05) is 25.0 Å². The maximum absolute atomic E-state index is 11.7. The fourth-order valence-electron chi connectivity index (χ4n) is 1.74. The highest BCUT2D eigenvalue weighted by molar-refractivity contribution is 5.89. The van der Waals surface area contributed by atoms with Gasteiger partial charge in [0.2, 0.25) is 5.91 Å². The lowest BCUT2D eigenvalue weighted by Crippen LogP contribution is -2.12. The van der Waals surface area contributed by atoms with Crippen LogP contribution in [-0.2, 0) is 11.2 Å². The Labute approximate surface area is 117 Å². The van der Waals surface area contributed by atoms with Gasteiger partial charge in [-0.15, -0.1) is 0 Å². The second kappa shape index (κ2) is 7.00. The second-order valence-electron chi connectivity index (χ2n) is 4.31. The summed E-state index contributed by atoms with van der Waals surface area (Å²) in [7, 11) is 0. The molecule has 1 N–H and O–H groups in total. The average Bonchev–Trinajstić information content (AvgIpc) is 2.49. The van der Waals surface area contributed by atoms with Gasteiger partial charge in [-0.3, -0.25) is 9.78 Å². The van der Waals surface area contributed by atoms with Crippen molar-refractivity contribution in [1.82, 2.24) is 9.97 Å². The van der Waals surface area contributed by atoms with Gasteiger partial charge in [0.05, 0.1) is 5.56 Å². The minimum atomic E-state index is -0.0777. The fraction of sp³-hybridized carbons (Fsp3) is 0.200. The highest BCUT2D eigenvalue weighted by Gasteiger charge is 2.03. The van der Waals surface area contributed by atoms with Crippen molar-refractivity contribution in [2.45, 2.75) is 19.3 Å². The molecule has 5 nitrogen and oxygen atoms in total. The van der Waals surface area contributed by atoms with Crippen LogP contribution in [-0.4, -0.2) is 15.9 Å². The molecule has 0 aromatic carbocycles. The van der Waals surface area contributed by atoms with Gasteiger partial charge in [-0.2, -0.15) is 5.26 Å². The second-order valence-corrected chi connectivity index (χ2v) is 4.31. The number of nitriles is 1. The predicted octanol–water partition coefficient (Wildman–Crippen LogP) is 2.31. The fourth-order valence-corrected chi connectivity index (χ4v) is 1.74. The van der Waals surface area contributed by atoms with Gasteiger partial charge < -0.3 is 5.32 Å². The van der Waals surface area contributed by atoms with Crippen molar-refractivity contribution in [3.05, 3.63) is 54.0 Å². The smallest absolute Gasteiger partial charge is 0.225 e. The summed E-state index contributed by atoms with van der Waals surface area (Å²) in [6.45, 7) is 0. The molecule has 0 atom stereocenters. The molecule has 0 aliphatic heterocycles. The summed E-state index contributed by atoms with van der Waals surface area (Å²) >= 11 is 0. The molecule has 0 unspecified atom stereocenters. The maximum atomic E-state index is 11.7. The first-order valence-electron chi connectivity index (χ1n) is 6.33. The molecule has 0 aliphatic rings. The molecule has 1 amide bonds. The lowest BCUT2D eigenvalue weighted by atomic mass is 10.1. The topological polar surface area (TPSA) is 78.7 Å². The van der Waals surface area contributed by atoms with Crippen molar-refractivity contribution in [1.29, 1.82) is 5.26 Å². The number of amides is 1. The summed E-state index contributed by atoms with van der Waals surface area (Å²) in [4.78, 5) is 19.7. The van der Waals surface area contributed by atoms with Crippen LogP contribution in [0.25, 0.3) is 0 Å². The molecule has 5 heteroatoms. The highest BCUT2D eigenvalue weighted by atomic mass is 16.1. The number of carbonyl (C=O) groups is 1. The molecule has 0 bridgehead atoms. The highest BCUT2D eigenvalue weighted by Crippen LogP contribution is 2.07. The third-order valence-corrected chi connectivity index (χ3v) is 2.75. The van der Waals surface area contributed by atoms with Crippen molar-refractivity contribution in [2.75, 3.05) is 5.32 Å². The van der Waals surface area contributed by atoms with Crippen molar-refractivity contribution in [3.8, 4) is 6.07 Å². The molecule has 0 spiro atoms. The Morgan fingerprint density at radius 3 is 2.85 bits per heavy atom. The van der Waals surface area contributed by atoms with Crippen LogP contribution in [0.2, 0.25) is 0 Å². The first-order valence-corrected chi connectivity index (χ1v) is 6.33. The van der Waals surface area contributed by atoms with Gasteiger partial charge in [-0.25, -0.2) is 4.98 Å². The van der Waals surface area contributed by atoms with E-state index in [0.717, 1.165) is 18.4 Å². The number of nitrogens with one attached hydrogen (secondary N) is 1. The van der Waals surface area contributed by atoms with Crippen LogP contribution >= 0.6 is 0 Å². The molecular formula is C15H14N4O. The van der Waals surface area contributed by atoms with E-state index in [4.69, 9.17) is 5.26 Å². The van der Waals surface area contributed by atoms with Crippen LogP contribution in [0.4, 0.5) is 5.82 Å². The number of aryl methyl sites for hydroxylation is 1. The van der Waals surface area contributed by atoms with E-state index >= 15 is 0 Å². The molecule has 2 rings (SSSR count). The van der Waals surface area contributed by atoms with E-state index in [1.54, 1.807) is 24.5 Å². The van der Waals surface area contributed by atoms with Crippen molar-refractivity contribution in [3.63, 3.8) is 0 Å². The van der Waals surface area contributed by atoms with Gasteiger partial charge in [0.1, 0.15) is 11.9 Å². The minimum absolute atomic E-state index is 0.0777. The molecule has 100 valence electrons. The van der Waals surface area contributed by atoms with Crippen LogP contribution in [0.15, 0.2) is 42.9 Å². The summed E-state index contributed by atoms with van der Waals surface area (Å²) in [5.74, 6) is 0.390. The number of nitrogens with zero attached hydrogens (tertiary/aromatic N) is 3. The van der Waals surface area contributed by atoms with Crippen molar-refractivity contribution >= 4 is 11.7 Å². The van der Waals surface area contributed by atoms with E-state index in [1.165, 1.54) is 6.20 Å². The van der Waals surface area contributed by atoms with Crippen molar-refractivity contribution < 1.29 is 4.79 Å². The lowest BCUT2D eigenvalue weighted by molar-refractivity contribution is -0.116. The quantitative estimate of drug-likeness (QED) is 0.900. The summed E-state index contributed by atoms with van der Waals surface area (Å²) < 4.78 is 0. The molecule has 0 radical (unpaired) electrons. The molecule has 0 saturated heterocycles. The first kappa shape index (κ1) is 13.7. The van der Waals surface area contributed by atoms with Crippen LogP contribution in [0, 0.1) is 11.3 Å². The summed E-state index contributed by atoms with van der Waals surface area (Å²) in [6.07, 6.45) is 6.98. The van der Waals surface area contributed by atoms with Crippen LogP contribution in [0.1, 0.15) is 24.0 Å². The third-order valence-electron chi connectivity index (χ3n) is 2.75. The molecule has 0 aliphatic carbocycles. The number of aromatic nitrogens is 2. The maximum Gasteiger partial charge on any atom is 0.225 e. The van der Waals surface area contributed by atoms with Gasteiger partial charge in [-0.05, 0) is 36.6 Å². The Bertz CT molecular complexity index is 602. The Kier molecular flexibility index (Phi) is 4.79. The van der Waals surface area contributed by atoms with Crippen LogP contribution < -0.4 is 5.32 Å². The zero-order chi connectivity index (χ0) is 14.2. The number of hydrogen-bond donors (Lipinski definition) is 1. The average molecular weight is 266 g/mol. The van der Waals surface area contributed by atoms with Gasteiger partial charge in [-0.1, -0.05) is 6.07 Å². The van der Waals surface area contributed by atoms with Gasteiger partial charge >= 0.3 is 0 Å². The number of carbonyl (C=O) groups excluding carboxylic acids is 1. The van der Waals surface area contributed by atoms with E-state index in [0.29, 0.717) is 17.8 Å². The third kappa shape index (κ3) is 4.18. The number of rotatable bonds is 5. The molecule has 0 fully saturated rings. The van der Waals surface area contributed by atoms with E-state index < -0.39 is 0 Å². The minimum Gasteiger partial charge on any atom is -0.311 e. The summed E-state index contributed by atoms with van der Waals surface area (Å²) in [5.41, 5.74) is 1.59. The summed E-state index contributed by atoms with van der Waals surface area (Å²) in [5, 5.41) is 11.4. The number of hydrogen-bond acceptors (Lipinski definition) is 4. The number of pyridine rings is 2. The van der Waals surface area contributed by atoms with Crippen LogP contribution in [0.3, 0.4) is 0 Å². The van der Waals surface area contributed by atoms with Crippen molar-refractivity contribution in [2.24, 2.45) is 0 Å². The van der Waals surface area contributed by atoms with E-state index in [1.807, 2.05) is 18.2 Å². The first-order chi connectivity index (χ1) is 9.78. The zero-order valence-electron chi connectivity index (χ0n) is 10.9. The van der Waals surface area contributed by atoms with E-state index in [2.05, 4.69) is 15.3 Å². The normalized spacial score (nSPS) is 9.75. The Hall–Kier alpha value is -2.74. The zero-order valence-corrected chi connectivity index (χ0v) is 10.9. The largest absolute Gasteiger partial charge is 0.311 e. The molecular weight excluding hydrogens is 252 g/mol. The Morgan fingerprint density at radius 2 is 2.20 bits per heavy atom. The molecule has 0 saturated carbocycles. The number of anilines is 1. The Balaban J connectivity index is 1.76. The monoisotopic (exact) mass is 266 g/mol. The summed E-state index contributed by atoms with van der Waals surface area (Å²) in [6, 6.07) is 9.10. The molecule has 20 heavy (non-hydrogen) atoms. The van der Waals surface area contributed by atoms with E-state index in [-0.39, 0.29) is 5.91 Å². The molecule has 2 aromatic heterocycles. The van der Waals surface area contributed by atoms with Crippen LogP contribution in [0.5, 0.6) is 0 Å². The van der Waals surface area contributed by atoms with Gasteiger partial charge in [0.25, 0.3) is 0 Å². The molecule has 2 heterocycles. The standard InChI is InChI=1S/C15H14N4O/c16-9-13-6-7-14(18-11-13)19-15(20)5-1-3-12-4-2-8-17-10-12/h2,4,6-8,10-11H,1,3,5H2,(H,18,19,20). The SMILES string of the molecule is N#Cc1ccc(NC(=O)CCCc2cccnc2)nc1. The Morgan fingerprint density at radius 1 is 1.30 bits per heavy atom. The van der Waals surface area contributed by atoms with Gasteiger partial charge in [0.15, 0.2) is 0 Å². The lowest BCUT2D eigenvalue weighted by Gasteiger charge is -2.04. The molecule has 2 aromatic rings.